The van der Waals surface area contributed by atoms with E-state index in [9.17, 15) is 4.79 Å². The highest BCUT2D eigenvalue weighted by Gasteiger charge is 2.13. The summed E-state index contributed by atoms with van der Waals surface area (Å²) in [5, 5.41) is 12.4. The van der Waals surface area contributed by atoms with Crippen LogP contribution in [-0.2, 0) is 11.8 Å². The average molecular weight is 452 g/mol. The summed E-state index contributed by atoms with van der Waals surface area (Å²) in [5.41, 5.74) is 2.74. The van der Waals surface area contributed by atoms with Crippen molar-refractivity contribution >= 4 is 50.9 Å². The number of carbonyl (C=O) groups excluding carboxylic acids is 1. The van der Waals surface area contributed by atoms with Gasteiger partial charge in [0.25, 0.3) is 0 Å². The Labute approximate surface area is 169 Å². The van der Waals surface area contributed by atoms with Gasteiger partial charge in [0.1, 0.15) is 0 Å². The summed E-state index contributed by atoms with van der Waals surface area (Å²) in [6.07, 6.45) is 0. The Morgan fingerprint density at radius 1 is 1.27 bits per heavy atom. The van der Waals surface area contributed by atoms with Gasteiger partial charge in [-0.25, -0.2) is 0 Å². The Kier molecular flexibility index (Phi) is 6.01. The van der Waals surface area contributed by atoms with Crippen LogP contribution in [0, 0.1) is 6.92 Å². The summed E-state index contributed by atoms with van der Waals surface area (Å²) >= 11 is 10.8. The van der Waals surface area contributed by atoms with Gasteiger partial charge < -0.3 is 9.88 Å². The van der Waals surface area contributed by atoms with Gasteiger partial charge in [0, 0.05) is 17.1 Å². The third-order valence-corrected chi connectivity index (χ3v) is 5.47. The molecule has 8 heteroatoms. The van der Waals surface area contributed by atoms with Gasteiger partial charge in [-0.2, -0.15) is 0 Å². The molecule has 3 aromatic rings. The lowest BCUT2D eigenvalue weighted by atomic mass is 10.1. The van der Waals surface area contributed by atoms with Crippen molar-refractivity contribution < 1.29 is 4.79 Å². The van der Waals surface area contributed by atoms with E-state index in [1.54, 1.807) is 12.1 Å². The molecule has 1 amide bonds. The molecule has 2 aromatic carbocycles. The molecule has 26 heavy (non-hydrogen) atoms. The predicted molar refractivity (Wildman–Crippen MR) is 110 cm³/mol. The molecular formula is C18H16BrClN4OS. The van der Waals surface area contributed by atoms with E-state index >= 15 is 0 Å². The fraction of sp³-hybridized carbons (Fsp3) is 0.167. The topological polar surface area (TPSA) is 59.8 Å². The first-order valence-electron chi connectivity index (χ1n) is 7.78. The molecule has 134 valence electrons. The fourth-order valence-electron chi connectivity index (χ4n) is 2.38. The van der Waals surface area contributed by atoms with Crippen LogP contribution in [-0.4, -0.2) is 26.4 Å². The van der Waals surface area contributed by atoms with E-state index in [0.29, 0.717) is 15.9 Å². The molecule has 1 heterocycles. The smallest absolute Gasteiger partial charge is 0.234 e. The molecule has 0 atom stereocenters. The highest BCUT2D eigenvalue weighted by molar-refractivity contribution is 9.10. The number of nitrogens with zero attached hydrogens (tertiary/aromatic N) is 3. The van der Waals surface area contributed by atoms with Crippen LogP contribution in [0.1, 0.15) is 5.56 Å². The molecule has 0 fully saturated rings. The van der Waals surface area contributed by atoms with E-state index in [4.69, 9.17) is 11.6 Å². The van der Waals surface area contributed by atoms with E-state index in [1.807, 2.05) is 42.8 Å². The lowest BCUT2D eigenvalue weighted by Gasteiger charge is -2.07. The van der Waals surface area contributed by atoms with Crippen LogP contribution >= 0.6 is 39.3 Å². The first-order chi connectivity index (χ1) is 12.4. The van der Waals surface area contributed by atoms with Crippen molar-refractivity contribution in [2.75, 3.05) is 11.1 Å². The van der Waals surface area contributed by atoms with E-state index < -0.39 is 0 Å². The summed E-state index contributed by atoms with van der Waals surface area (Å²) in [7, 11) is 1.89. The lowest BCUT2D eigenvalue weighted by molar-refractivity contribution is -0.113. The van der Waals surface area contributed by atoms with Crippen LogP contribution in [0.5, 0.6) is 0 Å². The van der Waals surface area contributed by atoms with Crippen LogP contribution < -0.4 is 5.32 Å². The third-order valence-electron chi connectivity index (χ3n) is 3.65. The van der Waals surface area contributed by atoms with Crippen LogP contribution in [0.15, 0.2) is 52.1 Å². The van der Waals surface area contributed by atoms with Gasteiger partial charge in [0.15, 0.2) is 11.0 Å². The van der Waals surface area contributed by atoms with E-state index in [1.165, 1.54) is 11.8 Å². The maximum absolute atomic E-state index is 12.2. The number of thioether (sulfide) groups is 1. The van der Waals surface area contributed by atoms with Gasteiger partial charge in [-0.1, -0.05) is 63.1 Å². The largest absolute Gasteiger partial charge is 0.324 e. The zero-order valence-corrected chi connectivity index (χ0v) is 17.3. The van der Waals surface area contributed by atoms with E-state index in [0.717, 1.165) is 21.4 Å². The number of carbonyl (C=O) groups is 1. The Hall–Kier alpha value is -1.83. The summed E-state index contributed by atoms with van der Waals surface area (Å²) in [5.74, 6) is 0.832. The normalized spacial score (nSPS) is 10.8. The van der Waals surface area contributed by atoms with Crippen LogP contribution in [0.2, 0.25) is 5.02 Å². The van der Waals surface area contributed by atoms with Gasteiger partial charge in [0.2, 0.25) is 5.91 Å². The summed E-state index contributed by atoms with van der Waals surface area (Å²) in [4.78, 5) is 12.2. The van der Waals surface area contributed by atoms with Crippen LogP contribution in [0.3, 0.4) is 0 Å². The number of amides is 1. The van der Waals surface area contributed by atoms with Crippen molar-refractivity contribution in [2.45, 2.75) is 12.1 Å². The molecule has 5 nitrogen and oxygen atoms in total. The number of nitrogens with one attached hydrogen (secondary N) is 1. The maximum Gasteiger partial charge on any atom is 0.234 e. The number of benzene rings is 2. The molecule has 3 rings (SSSR count). The van der Waals surface area contributed by atoms with Crippen LogP contribution in [0.4, 0.5) is 5.69 Å². The Morgan fingerprint density at radius 3 is 2.81 bits per heavy atom. The van der Waals surface area contributed by atoms with Crippen molar-refractivity contribution in [3.63, 3.8) is 0 Å². The molecule has 0 spiro atoms. The molecule has 0 aliphatic heterocycles. The van der Waals surface area contributed by atoms with Gasteiger partial charge in [0.05, 0.1) is 16.5 Å². The Balaban J connectivity index is 1.66. The molecule has 1 aromatic heterocycles. The SMILES string of the molecule is Cc1cccc(-c2nnc(SCC(=O)Nc3ccc(Br)cc3Cl)n2C)c1. The second kappa shape index (κ2) is 8.24. The third kappa shape index (κ3) is 4.47. The molecule has 0 unspecified atom stereocenters. The Bertz CT molecular complexity index is 960. The van der Waals surface area contributed by atoms with E-state index in [-0.39, 0.29) is 11.7 Å². The molecule has 0 radical (unpaired) electrons. The number of hydrogen-bond acceptors (Lipinski definition) is 4. The predicted octanol–water partition coefficient (Wildman–Crippen LogP) is 4.94. The second-order valence-corrected chi connectivity index (χ2v) is 7.96. The molecule has 0 aliphatic carbocycles. The Morgan fingerprint density at radius 2 is 2.08 bits per heavy atom. The number of anilines is 1. The highest BCUT2D eigenvalue weighted by atomic mass is 79.9. The highest BCUT2D eigenvalue weighted by Crippen LogP contribution is 2.27. The number of aromatic nitrogens is 3. The summed E-state index contributed by atoms with van der Waals surface area (Å²) in [6, 6.07) is 13.4. The van der Waals surface area contributed by atoms with Gasteiger partial charge in [-0.15, -0.1) is 10.2 Å². The molecule has 0 saturated carbocycles. The molecule has 0 bridgehead atoms. The molecule has 0 aliphatic rings. The number of hydrogen-bond donors (Lipinski definition) is 1. The zero-order valence-electron chi connectivity index (χ0n) is 14.2. The summed E-state index contributed by atoms with van der Waals surface area (Å²) in [6.45, 7) is 2.03. The minimum absolute atomic E-state index is 0.153. The fourth-order valence-corrected chi connectivity index (χ4v) is 3.82. The summed E-state index contributed by atoms with van der Waals surface area (Å²) < 4.78 is 2.75. The minimum atomic E-state index is -0.153. The van der Waals surface area contributed by atoms with Crippen molar-refractivity contribution in [3.8, 4) is 11.4 Å². The van der Waals surface area contributed by atoms with Crippen molar-refractivity contribution in [3.05, 3.63) is 57.5 Å². The van der Waals surface area contributed by atoms with Crippen LogP contribution in [0.25, 0.3) is 11.4 Å². The maximum atomic E-state index is 12.2. The average Bonchev–Trinajstić information content (AvgIpc) is 2.96. The number of aryl methyl sites for hydroxylation is 1. The zero-order chi connectivity index (χ0) is 18.7. The standard InChI is InChI=1S/C18H16BrClN4OS/c1-11-4-3-5-12(8-11)17-22-23-18(24(17)2)26-10-16(25)21-15-7-6-13(19)9-14(15)20/h3-9H,10H2,1-2H3,(H,21,25). The number of halogens is 2. The van der Waals surface area contributed by atoms with Crippen molar-refractivity contribution in [2.24, 2.45) is 7.05 Å². The van der Waals surface area contributed by atoms with Crippen molar-refractivity contribution in [1.29, 1.82) is 0 Å². The van der Waals surface area contributed by atoms with Gasteiger partial charge in [-0.05, 0) is 31.2 Å². The second-order valence-electron chi connectivity index (χ2n) is 5.70. The molecule has 0 saturated heterocycles. The quantitative estimate of drug-likeness (QED) is 0.558. The van der Waals surface area contributed by atoms with Gasteiger partial charge >= 0.3 is 0 Å². The van der Waals surface area contributed by atoms with Gasteiger partial charge in [-0.3, -0.25) is 4.79 Å². The molecular weight excluding hydrogens is 436 g/mol. The monoisotopic (exact) mass is 450 g/mol. The minimum Gasteiger partial charge on any atom is -0.324 e. The van der Waals surface area contributed by atoms with Crippen molar-refractivity contribution in [1.82, 2.24) is 14.8 Å². The lowest BCUT2D eigenvalue weighted by Crippen LogP contribution is -2.14. The first-order valence-corrected chi connectivity index (χ1v) is 9.94. The first kappa shape index (κ1) is 18.9. The van der Waals surface area contributed by atoms with E-state index in [2.05, 4.69) is 37.5 Å². The number of rotatable bonds is 5. The molecule has 1 N–H and O–H groups in total.